The third-order valence-electron chi connectivity index (χ3n) is 1.05. The van der Waals surface area contributed by atoms with E-state index in [9.17, 15) is 0 Å². The Hall–Kier alpha value is 0.750. The van der Waals surface area contributed by atoms with Crippen molar-refractivity contribution in [3.05, 3.63) is 5.38 Å². The molecule has 0 aromatic carbocycles. The highest BCUT2D eigenvalue weighted by Crippen LogP contribution is 2.42. The van der Waals surface area contributed by atoms with Crippen LogP contribution in [0.3, 0.4) is 0 Å². The third kappa shape index (κ3) is 1.27. The van der Waals surface area contributed by atoms with Crippen LogP contribution in [0.5, 0.6) is 0 Å². The summed E-state index contributed by atoms with van der Waals surface area (Å²) in [5.41, 5.74) is 0. The van der Waals surface area contributed by atoms with E-state index in [-0.39, 0.29) is 0 Å². The van der Waals surface area contributed by atoms with Crippen molar-refractivity contribution in [3.63, 3.8) is 0 Å². The fourth-order valence-electron chi connectivity index (χ4n) is 0.675. The van der Waals surface area contributed by atoms with Gasteiger partial charge in [0.2, 0.25) is 5.38 Å². The zero-order valence-corrected chi connectivity index (χ0v) is 7.89. The van der Waals surface area contributed by atoms with Crippen LogP contribution in [-0.2, 0) is 0 Å². The van der Waals surface area contributed by atoms with Gasteiger partial charge in [0, 0.05) is 11.5 Å². The normalized spacial score (nSPS) is 17.3. The molecule has 0 radical (unpaired) electrons. The van der Waals surface area contributed by atoms with Gasteiger partial charge in [-0.1, -0.05) is 0 Å². The second kappa shape index (κ2) is 2.78. The standard InChI is InChI=1S/C5H5S4/c1-2-7-5-4(6-1)3-8-9-5/h3H,1-2H2/q+1. The summed E-state index contributed by atoms with van der Waals surface area (Å²) >= 11 is 4.00. The third-order valence-corrected chi connectivity index (χ3v) is 6.45. The van der Waals surface area contributed by atoms with E-state index in [0.29, 0.717) is 0 Å². The summed E-state index contributed by atoms with van der Waals surface area (Å²) in [6.07, 6.45) is 0. The molecule has 0 N–H and O–H groups in total. The quantitative estimate of drug-likeness (QED) is 0.458. The van der Waals surface area contributed by atoms with Crippen molar-refractivity contribution < 1.29 is 0 Å². The maximum atomic E-state index is 2.26. The molecule has 1 aliphatic heterocycles. The summed E-state index contributed by atoms with van der Waals surface area (Å²) in [5, 5.41) is 2.26. The Kier molecular flexibility index (Phi) is 2.00. The molecular weight excluding hydrogens is 188 g/mol. The van der Waals surface area contributed by atoms with Crippen LogP contribution in [-0.4, -0.2) is 11.5 Å². The van der Waals surface area contributed by atoms with Gasteiger partial charge in [-0.2, -0.15) is 0 Å². The van der Waals surface area contributed by atoms with E-state index in [1.807, 2.05) is 44.2 Å². The molecule has 2 heterocycles. The Balaban J connectivity index is 2.39. The van der Waals surface area contributed by atoms with Gasteiger partial charge in [-0.3, -0.25) is 0 Å². The van der Waals surface area contributed by atoms with Crippen molar-refractivity contribution >= 4 is 44.2 Å². The minimum atomic E-state index is 1.29. The molecule has 4 heteroatoms. The molecule has 0 saturated heterocycles. The lowest BCUT2D eigenvalue weighted by Gasteiger charge is -2.03. The zero-order chi connectivity index (χ0) is 6.10. The summed E-state index contributed by atoms with van der Waals surface area (Å²) in [4.78, 5) is 1.52. The van der Waals surface area contributed by atoms with Gasteiger partial charge in [0.25, 0.3) is 10.3 Å². The van der Waals surface area contributed by atoms with Crippen molar-refractivity contribution in [2.75, 3.05) is 11.5 Å². The van der Waals surface area contributed by atoms with E-state index in [2.05, 4.69) is 5.38 Å². The van der Waals surface area contributed by atoms with Gasteiger partial charge in [-0.05, 0) is 0 Å². The van der Waals surface area contributed by atoms with Crippen molar-refractivity contribution in [1.82, 2.24) is 0 Å². The average Bonchev–Trinajstić information content (AvgIpc) is 2.33. The van der Waals surface area contributed by atoms with Crippen molar-refractivity contribution in [1.29, 1.82) is 0 Å². The van der Waals surface area contributed by atoms with Gasteiger partial charge in [-0.15, -0.1) is 23.5 Å². The van der Waals surface area contributed by atoms with Crippen LogP contribution >= 0.6 is 44.2 Å². The Labute approximate surface area is 70.1 Å². The summed E-state index contributed by atoms with van der Waals surface area (Å²) in [6, 6.07) is 0. The van der Waals surface area contributed by atoms with Crippen LogP contribution < -0.4 is 0 Å². The molecule has 0 saturated carbocycles. The first-order chi connectivity index (χ1) is 4.47. The largest absolute Gasteiger partial charge is 0.294 e. The van der Waals surface area contributed by atoms with Gasteiger partial charge in [0.1, 0.15) is 4.21 Å². The predicted molar refractivity (Wildman–Crippen MR) is 48.1 cm³/mol. The van der Waals surface area contributed by atoms with E-state index >= 15 is 0 Å². The summed E-state index contributed by atoms with van der Waals surface area (Å²) < 4.78 is 1.54. The second-order valence-corrected chi connectivity index (χ2v) is 6.23. The number of thioether (sulfide) groups is 2. The van der Waals surface area contributed by atoms with Gasteiger partial charge in [0.15, 0.2) is 10.3 Å². The molecule has 0 aliphatic carbocycles. The molecule has 48 valence electrons. The molecule has 0 bridgehead atoms. The first-order valence-electron chi connectivity index (χ1n) is 2.63. The van der Waals surface area contributed by atoms with Crippen molar-refractivity contribution in [2.24, 2.45) is 0 Å². The molecule has 9 heavy (non-hydrogen) atoms. The number of hydrogen-bond acceptors (Lipinski definition) is 3. The van der Waals surface area contributed by atoms with E-state index in [0.717, 1.165) is 0 Å². The Morgan fingerprint density at radius 3 is 3.11 bits per heavy atom. The molecular formula is C5H5S4+. The van der Waals surface area contributed by atoms with Gasteiger partial charge >= 0.3 is 0 Å². The Morgan fingerprint density at radius 2 is 2.22 bits per heavy atom. The predicted octanol–water partition coefficient (Wildman–Crippen LogP) is 3.29. The van der Waals surface area contributed by atoms with Gasteiger partial charge in [-0.25, -0.2) is 0 Å². The van der Waals surface area contributed by atoms with Gasteiger partial charge < -0.3 is 0 Å². The van der Waals surface area contributed by atoms with Crippen LogP contribution in [0.4, 0.5) is 0 Å². The number of hydrogen-bond donors (Lipinski definition) is 0. The fourth-order valence-corrected chi connectivity index (χ4v) is 6.30. The SMILES string of the molecule is c1[s+]sc2c1SCCS2. The number of fused-ring (bicyclic) bond motifs is 1. The second-order valence-electron chi connectivity index (χ2n) is 1.65. The molecule has 2 rings (SSSR count). The number of rotatable bonds is 0. The average molecular weight is 193 g/mol. The molecule has 0 fully saturated rings. The highest BCUT2D eigenvalue weighted by atomic mass is 32.9. The maximum Gasteiger partial charge on any atom is 0.294 e. The van der Waals surface area contributed by atoms with Crippen molar-refractivity contribution in [3.8, 4) is 0 Å². The van der Waals surface area contributed by atoms with Crippen LogP contribution in [0.2, 0.25) is 0 Å². The van der Waals surface area contributed by atoms with Crippen LogP contribution in [0.1, 0.15) is 0 Å². The Bertz CT molecular complexity index is 184. The molecule has 0 atom stereocenters. The van der Waals surface area contributed by atoms with Crippen LogP contribution in [0, 0.1) is 0 Å². The van der Waals surface area contributed by atoms with Crippen molar-refractivity contribution in [2.45, 2.75) is 9.10 Å². The van der Waals surface area contributed by atoms with E-state index in [4.69, 9.17) is 0 Å². The summed E-state index contributed by atoms with van der Waals surface area (Å²) in [5.74, 6) is 2.59. The molecule has 0 amide bonds. The molecule has 1 aromatic heterocycles. The minimum absolute atomic E-state index is 1.29. The molecule has 1 aromatic rings. The fraction of sp³-hybridized carbons (Fsp3) is 0.400. The van der Waals surface area contributed by atoms with Crippen LogP contribution in [0.25, 0.3) is 0 Å². The molecule has 0 unspecified atom stereocenters. The monoisotopic (exact) mass is 193 g/mol. The lowest BCUT2D eigenvalue weighted by Crippen LogP contribution is -1.88. The minimum Gasteiger partial charge on any atom is -0.118 e. The van der Waals surface area contributed by atoms with E-state index in [1.54, 1.807) is 0 Å². The lowest BCUT2D eigenvalue weighted by atomic mass is 10.8. The molecule has 0 spiro atoms. The molecule has 1 aliphatic rings. The van der Waals surface area contributed by atoms with E-state index < -0.39 is 0 Å². The topological polar surface area (TPSA) is 0 Å². The Morgan fingerprint density at radius 1 is 1.33 bits per heavy atom. The maximum absolute atomic E-state index is 2.26. The first kappa shape index (κ1) is 6.46. The summed E-state index contributed by atoms with van der Waals surface area (Å²) in [7, 11) is 3.76. The lowest BCUT2D eigenvalue weighted by molar-refractivity contribution is 1.35. The highest BCUT2D eigenvalue weighted by molar-refractivity contribution is 8.08. The van der Waals surface area contributed by atoms with Crippen LogP contribution in [0.15, 0.2) is 14.5 Å². The first-order valence-corrected chi connectivity index (χ1v) is 6.81. The smallest absolute Gasteiger partial charge is 0.118 e. The van der Waals surface area contributed by atoms with Gasteiger partial charge in [0.05, 0.1) is 4.90 Å². The highest BCUT2D eigenvalue weighted by Gasteiger charge is 2.17. The summed E-state index contributed by atoms with van der Waals surface area (Å²) in [6.45, 7) is 0. The zero-order valence-electron chi connectivity index (χ0n) is 4.62. The van der Waals surface area contributed by atoms with E-state index in [1.165, 1.54) is 20.6 Å². The molecule has 0 nitrogen and oxygen atoms in total.